The van der Waals surface area contributed by atoms with Crippen LogP contribution >= 0.6 is 15.6 Å². The van der Waals surface area contributed by atoms with Crippen LogP contribution in [0.25, 0.3) is 0 Å². The average molecular weight is 349 g/mol. The highest BCUT2D eigenvalue weighted by Crippen LogP contribution is 2.53. The fourth-order valence-corrected chi connectivity index (χ4v) is 1.25. The second-order valence-electron chi connectivity index (χ2n) is 2.64. The van der Waals surface area contributed by atoms with Crippen LogP contribution in [-0.4, -0.2) is 39.2 Å². The molecule has 21 heavy (non-hydrogen) atoms. The van der Waals surface area contributed by atoms with Crippen LogP contribution in [0.1, 0.15) is 0 Å². The van der Waals surface area contributed by atoms with E-state index in [2.05, 4.69) is 24.0 Å². The van der Waals surface area contributed by atoms with Crippen LogP contribution in [0, 0.1) is 0 Å². The highest BCUT2D eigenvalue weighted by molar-refractivity contribution is 7.60. The topological polar surface area (TPSA) is 202 Å². The minimum absolute atomic E-state index is 0.583. The molecule has 0 aromatic heterocycles. The van der Waals surface area contributed by atoms with E-state index in [0.29, 0.717) is 19.6 Å². The molecule has 0 fully saturated rings. The summed E-state index contributed by atoms with van der Waals surface area (Å²) >= 11 is 0. The highest BCUT2D eigenvalue weighted by atomic mass is 31.3. The lowest BCUT2D eigenvalue weighted by Gasteiger charge is -2.03. The molecule has 12 heteroatoms. The van der Waals surface area contributed by atoms with Gasteiger partial charge in [0.15, 0.2) is 0 Å². The molecule has 0 bridgehead atoms. The fraction of sp³-hybridized carbons (Fsp3) is 0.333. The van der Waals surface area contributed by atoms with Crippen molar-refractivity contribution in [3.05, 3.63) is 38.0 Å². The van der Waals surface area contributed by atoms with Crippen molar-refractivity contribution in [1.82, 2.24) is 0 Å². The zero-order chi connectivity index (χ0) is 17.9. The molecule has 0 spiro atoms. The first kappa shape index (κ1) is 28.5. The summed E-state index contributed by atoms with van der Waals surface area (Å²) in [5.41, 5.74) is 14.7. The standard InChI is InChI=1S/3C3H7N.H4O7P2/c3*1-2-3-4;1-8(2,3)7-9(4,5)6/h3*2H,1,3-4H2;(H2,1,2,3)(H2,4,5,6). The van der Waals surface area contributed by atoms with Crippen LogP contribution < -0.4 is 17.2 Å². The van der Waals surface area contributed by atoms with Gasteiger partial charge in [-0.3, -0.25) is 0 Å². The molecule has 0 aromatic rings. The number of hydrogen-bond donors (Lipinski definition) is 7. The van der Waals surface area contributed by atoms with Crippen molar-refractivity contribution >= 4 is 15.6 Å². The van der Waals surface area contributed by atoms with Gasteiger partial charge >= 0.3 is 15.6 Å². The second kappa shape index (κ2) is 19.4. The lowest BCUT2D eigenvalue weighted by atomic mass is 10.7. The van der Waals surface area contributed by atoms with Gasteiger partial charge in [0.05, 0.1) is 0 Å². The summed E-state index contributed by atoms with van der Waals surface area (Å²) in [4.78, 5) is 31.0. The largest absolute Gasteiger partial charge is 0.478 e. The van der Waals surface area contributed by atoms with Crippen molar-refractivity contribution in [3.8, 4) is 0 Å². The van der Waals surface area contributed by atoms with Gasteiger partial charge in [0.1, 0.15) is 0 Å². The van der Waals surface area contributed by atoms with Crippen molar-refractivity contribution in [1.29, 1.82) is 0 Å². The Kier molecular flexibility index (Phi) is 26.3. The summed E-state index contributed by atoms with van der Waals surface area (Å²) in [6.45, 7) is 11.8. The molecule has 0 atom stereocenters. The van der Waals surface area contributed by atoms with Crippen molar-refractivity contribution < 1.29 is 33.0 Å². The maximum Gasteiger partial charge on any atom is 0.478 e. The van der Waals surface area contributed by atoms with Crippen LogP contribution in [-0.2, 0) is 13.4 Å². The summed E-state index contributed by atoms with van der Waals surface area (Å²) < 4.78 is 22.2. The lowest BCUT2D eigenvalue weighted by Crippen LogP contribution is -1.90. The van der Waals surface area contributed by atoms with E-state index in [0.717, 1.165) is 0 Å². The summed E-state index contributed by atoms with van der Waals surface area (Å²) in [7, 11) is -10.1. The molecule has 10 nitrogen and oxygen atoms in total. The SMILES string of the molecule is C=CCN.C=CCN.C=CCN.O=P(O)(O)OP(=O)(O)O. The minimum atomic E-state index is -5.05. The Morgan fingerprint density at radius 2 is 0.905 bits per heavy atom. The van der Waals surface area contributed by atoms with E-state index in [1.165, 1.54) is 0 Å². The molecular formula is C9H25N3O7P2. The molecule has 0 saturated carbocycles. The molecule has 128 valence electrons. The Bertz CT molecular complexity index is 301. The first-order valence-corrected chi connectivity index (χ1v) is 8.27. The highest BCUT2D eigenvalue weighted by Gasteiger charge is 2.27. The summed E-state index contributed by atoms with van der Waals surface area (Å²) in [6, 6.07) is 0. The molecule has 0 unspecified atom stereocenters. The van der Waals surface area contributed by atoms with Gasteiger partial charge in [-0.15, -0.1) is 19.7 Å². The predicted octanol–water partition coefficient (Wildman–Crippen LogP) is -0.418. The third-order valence-electron chi connectivity index (χ3n) is 0.713. The second-order valence-corrected chi connectivity index (χ2v) is 5.25. The van der Waals surface area contributed by atoms with Gasteiger partial charge in [-0.05, 0) is 0 Å². The van der Waals surface area contributed by atoms with Gasteiger partial charge < -0.3 is 36.8 Å². The number of nitrogens with two attached hydrogens (primary N) is 3. The quantitative estimate of drug-likeness (QED) is 0.252. The van der Waals surface area contributed by atoms with E-state index >= 15 is 0 Å². The van der Waals surface area contributed by atoms with E-state index in [4.69, 9.17) is 36.8 Å². The van der Waals surface area contributed by atoms with Gasteiger partial charge in [-0.25, -0.2) is 9.13 Å². The summed E-state index contributed by atoms with van der Waals surface area (Å²) in [5, 5.41) is 0. The maximum atomic E-state index is 9.63. The first-order chi connectivity index (χ1) is 9.45. The number of rotatable bonds is 5. The van der Waals surface area contributed by atoms with Gasteiger partial charge in [0.25, 0.3) is 0 Å². The Labute approximate surface area is 124 Å². The van der Waals surface area contributed by atoms with Crippen LogP contribution in [0.15, 0.2) is 38.0 Å². The molecule has 0 aromatic carbocycles. The maximum absolute atomic E-state index is 9.63. The van der Waals surface area contributed by atoms with Crippen LogP contribution in [0.5, 0.6) is 0 Å². The van der Waals surface area contributed by atoms with Gasteiger partial charge in [-0.1, -0.05) is 18.2 Å². The number of phosphoric acid groups is 2. The van der Waals surface area contributed by atoms with Crippen molar-refractivity contribution in [2.45, 2.75) is 0 Å². The third-order valence-corrected chi connectivity index (χ3v) is 2.41. The van der Waals surface area contributed by atoms with E-state index in [9.17, 15) is 9.13 Å². The molecule has 0 saturated heterocycles. The van der Waals surface area contributed by atoms with Gasteiger partial charge in [0, 0.05) is 19.6 Å². The van der Waals surface area contributed by atoms with E-state index in [1.54, 1.807) is 18.2 Å². The van der Waals surface area contributed by atoms with Crippen molar-refractivity contribution in [2.24, 2.45) is 17.2 Å². The number of hydrogen-bond acceptors (Lipinski definition) is 6. The fourth-order valence-electron chi connectivity index (χ4n) is 0.139. The minimum Gasteiger partial charge on any atom is -0.327 e. The monoisotopic (exact) mass is 349 g/mol. The Hall–Kier alpha value is -0.640. The Balaban J connectivity index is -0.000000102. The molecule has 0 aliphatic rings. The molecule has 0 aliphatic heterocycles. The van der Waals surface area contributed by atoms with Crippen LogP contribution in [0.2, 0.25) is 0 Å². The van der Waals surface area contributed by atoms with E-state index < -0.39 is 15.6 Å². The van der Waals surface area contributed by atoms with E-state index in [-0.39, 0.29) is 0 Å². The lowest BCUT2D eigenvalue weighted by molar-refractivity contribution is 0.225. The molecule has 0 rings (SSSR count). The molecule has 0 heterocycles. The first-order valence-electron chi connectivity index (χ1n) is 5.20. The van der Waals surface area contributed by atoms with Crippen LogP contribution in [0.4, 0.5) is 0 Å². The van der Waals surface area contributed by atoms with Crippen LogP contribution in [0.3, 0.4) is 0 Å². The normalized spacial score (nSPS) is 9.48. The van der Waals surface area contributed by atoms with E-state index in [1.807, 2.05) is 0 Å². The zero-order valence-electron chi connectivity index (χ0n) is 11.6. The molecule has 10 N–H and O–H groups in total. The molecule has 0 amide bonds. The zero-order valence-corrected chi connectivity index (χ0v) is 13.4. The Morgan fingerprint density at radius 1 is 0.762 bits per heavy atom. The molecular weight excluding hydrogens is 324 g/mol. The summed E-state index contributed by atoms with van der Waals surface area (Å²) in [6.07, 6.45) is 4.96. The Morgan fingerprint density at radius 3 is 0.905 bits per heavy atom. The smallest absolute Gasteiger partial charge is 0.327 e. The van der Waals surface area contributed by atoms with Gasteiger partial charge in [-0.2, -0.15) is 4.31 Å². The molecule has 0 radical (unpaired) electrons. The van der Waals surface area contributed by atoms with Gasteiger partial charge in [0.2, 0.25) is 0 Å². The summed E-state index contributed by atoms with van der Waals surface area (Å²) in [5.74, 6) is 0. The van der Waals surface area contributed by atoms with Crippen molar-refractivity contribution in [2.75, 3.05) is 19.6 Å². The molecule has 0 aliphatic carbocycles. The third kappa shape index (κ3) is 83.5. The predicted molar refractivity (Wildman–Crippen MR) is 82.9 cm³/mol. The van der Waals surface area contributed by atoms with Crippen molar-refractivity contribution in [3.63, 3.8) is 0 Å². The average Bonchev–Trinajstić information content (AvgIpc) is 2.35.